The number of ether oxygens (including phenoxy) is 2. The van der Waals surface area contributed by atoms with Crippen LogP contribution in [-0.2, 0) is 14.3 Å². The lowest BCUT2D eigenvalue weighted by atomic mass is 9.76. The molecule has 2 rings (SSSR count). The summed E-state index contributed by atoms with van der Waals surface area (Å²) in [5, 5.41) is 9.33. The van der Waals surface area contributed by atoms with E-state index in [1.807, 2.05) is 39.0 Å². The van der Waals surface area contributed by atoms with Crippen LogP contribution in [0.15, 0.2) is 30.3 Å². The van der Waals surface area contributed by atoms with Gasteiger partial charge in [0.1, 0.15) is 12.7 Å². The fourth-order valence-corrected chi connectivity index (χ4v) is 2.94. The van der Waals surface area contributed by atoms with Crippen LogP contribution in [0.25, 0.3) is 0 Å². The van der Waals surface area contributed by atoms with Crippen LogP contribution < -0.4 is 0 Å². The molecule has 0 saturated carbocycles. The summed E-state index contributed by atoms with van der Waals surface area (Å²) in [7, 11) is 0. The molecule has 1 aliphatic rings. The van der Waals surface area contributed by atoms with Crippen molar-refractivity contribution in [1.29, 1.82) is 5.26 Å². The summed E-state index contributed by atoms with van der Waals surface area (Å²) in [5.41, 5.74) is 0.584. The molecule has 4 heteroatoms. The molecular formula is C20H27NO3. The van der Waals surface area contributed by atoms with Crippen molar-refractivity contribution in [2.75, 3.05) is 13.2 Å². The lowest BCUT2D eigenvalue weighted by molar-refractivity contribution is -0.155. The highest BCUT2D eigenvalue weighted by Crippen LogP contribution is 2.37. The van der Waals surface area contributed by atoms with E-state index in [2.05, 4.69) is 18.2 Å². The molecule has 0 spiro atoms. The van der Waals surface area contributed by atoms with Gasteiger partial charge in [-0.05, 0) is 44.6 Å². The minimum absolute atomic E-state index is 0.00175. The Morgan fingerprint density at radius 2 is 2.08 bits per heavy atom. The average molecular weight is 329 g/mol. The molecule has 0 aliphatic carbocycles. The van der Waals surface area contributed by atoms with Crippen LogP contribution in [0.3, 0.4) is 0 Å². The number of rotatable bonds is 9. The van der Waals surface area contributed by atoms with Crippen molar-refractivity contribution in [3.05, 3.63) is 35.9 Å². The van der Waals surface area contributed by atoms with E-state index in [1.165, 1.54) is 5.56 Å². The van der Waals surface area contributed by atoms with Crippen LogP contribution in [-0.4, -0.2) is 25.3 Å². The minimum Gasteiger partial charge on any atom is -0.462 e. The highest BCUT2D eigenvalue weighted by atomic mass is 16.6. The maximum absolute atomic E-state index is 12.4. The Labute approximate surface area is 144 Å². The van der Waals surface area contributed by atoms with Gasteiger partial charge in [-0.1, -0.05) is 37.3 Å². The molecule has 1 fully saturated rings. The molecule has 24 heavy (non-hydrogen) atoms. The van der Waals surface area contributed by atoms with Crippen molar-refractivity contribution in [3.8, 4) is 6.07 Å². The smallest absolute Gasteiger partial charge is 0.311 e. The number of carbonyl (C=O) groups excluding carboxylic acids is 1. The van der Waals surface area contributed by atoms with Gasteiger partial charge in [0.25, 0.3) is 0 Å². The Morgan fingerprint density at radius 1 is 1.42 bits per heavy atom. The van der Waals surface area contributed by atoms with Crippen LogP contribution in [0.5, 0.6) is 0 Å². The van der Waals surface area contributed by atoms with Gasteiger partial charge in [0.2, 0.25) is 0 Å². The Kier molecular flexibility index (Phi) is 6.39. The first-order chi connectivity index (χ1) is 11.5. The van der Waals surface area contributed by atoms with Gasteiger partial charge in [0.15, 0.2) is 0 Å². The van der Waals surface area contributed by atoms with Gasteiger partial charge in [-0.2, -0.15) is 5.26 Å². The Balaban J connectivity index is 2.07. The molecule has 1 aromatic carbocycles. The Hall–Kier alpha value is -1.86. The normalized spacial score (nSPS) is 19.2. The lowest BCUT2D eigenvalue weighted by Crippen LogP contribution is -2.30. The standard InChI is InChI=1S/C20H27NO3/c1-4-15(12-21)10-17(16-8-6-5-7-9-16)11-20(2,3)19(22)24-14-18-13-23-18/h5-9,15,17-18H,4,10-11,13-14H2,1-3H3. The lowest BCUT2D eigenvalue weighted by Gasteiger charge is -2.29. The van der Waals surface area contributed by atoms with Gasteiger partial charge in [-0.3, -0.25) is 4.79 Å². The first kappa shape index (κ1) is 18.5. The predicted molar refractivity (Wildman–Crippen MR) is 92.3 cm³/mol. The largest absolute Gasteiger partial charge is 0.462 e. The third kappa shape index (κ3) is 5.35. The van der Waals surface area contributed by atoms with Crippen molar-refractivity contribution in [3.63, 3.8) is 0 Å². The molecule has 0 radical (unpaired) electrons. The molecule has 3 unspecified atom stereocenters. The first-order valence-corrected chi connectivity index (χ1v) is 8.69. The number of hydrogen-bond donors (Lipinski definition) is 0. The number of nitrogens with zero attached hydrogens (tertiary/aromatic N) is 1. The van der Waals surface area contributed by atoms with E-state index < -0.39 is 5.41 Å². The monoisotopic (exact) mass is 329 g/mol. The van der Waals surface area contributed by atoms with Gasteiger partial charge in [0.05, 0.1) is 18.1 Å². The van der Waals surface area contributed by atoms with Crippen molar-refractivity contribution in [2.45, 2.75) is 52.1 Å². The summed E-state index contributed by atoms with van der Waals surface area (Å²) in [6, 6.07) is 12.5. The van der Waals surface area contributed by atoms with E-state index in [9.17, 15) is 10.1 Å². The average Bonchev–Trinajstić information content (AvgIpc) is 3.41. The number of esters is 1. The molecule has 0 bridgehead atoms. The van der Waals surface area contributed by atoms with Crippen molar-refractivity contribution in [1.82, 2.24) is 0 Å². The molecule has 3 atom stereocenters. The zero-order valence-corrected chi connectivity index (χ0v) is 14.8. The summed E-state index contributed by atoms with van der Waals surface area (Å²) in [6.45, 7) is 6.90. The zero-order chi connectivity index (χ0) is 17.6. The predicted octanol–water partition coefficient (Wildman–Crippen LogP) is 4.07. The second-order valence-corrected chi connectivity index (χ2v) is 7.22. The highest BCUT2D eigenvalue weighted by Gasteiger charge is 2.35. The maximum Gasteiger partial charge on any atom is 0.311 e. The SMILES string of the molecule is CCC(C#N)CC(CC(C)(C)C(=O)OCC1CO1)c1ccccc1. The molecule has 0 aromatic heterocycles. The van der Waals surface area contributed by atoms with Gasteiger partial charge >= 0.3 is 5.97 Å². The molecule has 0 amide bonds. The molecule has 130 valence electrons. The molecule has 1 heterocycles. The van der Waals surface area contributed by atoms with Crippen LogP contribution in [0.4, 0.5) is 0 Å². The molecular weight excluding hydrogens is 302 g/mol. The summed E-state index contributed by atoms with van der Waals surface area (Å²) in [5.74, 6) is -0.0265. The summed E-state index contributed by atoms with van der Waals surface area (Å²) >= 11 is 0. The molecule has 0 N–H and O–H groups in total. The summed E-state index contributed by atoms with van der Waals surface area (Å²) in [4.78, 5) is 12.4. The van der Waals surface area contributed by atoms with Crippen LogP contribution in [0.1, 0.15) is 51.5 Å². The van der Waals surface area contributed by atoms with E-state index in [0.29, 0.717) is 19.6 Å². The molecule has 1 saturated heterocycles. The van der Waals surface area contributed by atoms with Crippen molar-refractivity contribution >= 4 is 5.97 Å². The number of nitriles is 1. The van der Waals surface area contributed by atoms with Gasteiger partial charge < -0.3 is 9.47 Å². The van der Waals surface area contributed by atoms with E-state index >= 15 is 0 Å². The third-order valence-corrected chi connectivity index (χ3v) is 4.63. The Morgan fingerprint density at radius 3 is 2.62 bits per heavy atom. The minimum atomic E-state index is -0.594. The highest BCUT2D eigenvalue weighted by molar-refractivity contribution is 5.76. The van der Waals surface area contributed by atoms with Gasteiger partial charge in [-0.25, -0.2) is 0 Å². The van der Waals surface area contributed by atoms with Crippen LogP contribution in [0.2, 0.25) is 0 Å². The van der Waals surface area contributed by atoms with Crippen LogP contribution >= 0.6 is 0 Å². The quantitative estimate of drug-likeness (QED) is 0.506. The summed E-state index contributed by atoms with van der Waals surface area (Å²) in [6.07, 6.45) is 2.33. The van der Waals surface area contributed by atoms with Gasteiger partial charge in [0, 0.05) is 5.92 Å². The number of carbonyl (C=O) groups is 1. The number of benzene rings is 1. The molecule has 1 aliphatic heterocycles. The van der Waals surface area contributed by atoms with E-state index in [4.69, 9.17) is 9.47 Å². The van der Waals surface area contributed by atoms with Crippen molar-refractivity contribution in [2.24, 2.45) is 11.3 Å². The van der Waals surface area contributed by atoms with E-state index in [1.54, 1.807) is 0 Å². The fraction of sp³-hybridized carbons (Fsp3) is 0.600. The van der Waals surface area contributed by atoms with E-state index in [0.717, 1.165) is 12.8 Å². The zero-order valence-electron chi connectivity index (χ0n) is 14.8. The second-order valence-electron chi connectivity index (χ2n) is 7.22. The number of hydrogen-bond acceptors (Lipinski definition) is 4. The molecule has 1 aromatic rings. The fourth-order valence-electron chi connectivity index (χ4n) is 2.94. The maximum atomic E-state index is 12.4. The van der Waals surface area contributed by atoms with Crippen molar-refractivity contribution < 1.29 is 14.3 Å². The second kappa shape index (κ2) is 8.30. The topological polar surface area (TPSA) is 62.6 Å². The van der Waals surface area contributed by atoms with E-state index in [-0.39, 0.29) is 23.9 Å². The Bertz CT molecular complexity index is 572. The summed E-state index contributed by atoms with van der Waals surface area (Å²) < 4.78 is 10.5. The van der Waals surface area contributed by atoms with Crippen LogP contribution in [0, 0.1) is 22.7 Å². The molecule has 4 nitrogen and oxygen atoms in total. The first-order valence-electron chi connectivity index (χ1n) is 8.69. The number of epoxide rings is 1. The third-order valence-electron chi connectivity index (χ3n) is 4.63. The van der Waals surface area contributed by atoms with Gasteiger partial charge in [-0.15, -0.1) is 0 Å².